The van der Waals surface area contributed by atoms with Crippen LogP contribution in [-0.4, -0.2) is 43.3 Å². The summed E-state index contributed by atoms with van der Waals surface area (Å²) in [4.78, 5) is 29.9. The van der Waals surface area contributed by atoms with Crippen molar-refractivity contribution in [2.45, 2.75) is 57.1 Å². The molecule has 1 N–H and O–H groups in total. The lowest BCUT2D eigenvalue weighted by Gasteiger charge is -2.35. The van der Waals surface area contributed by atoms with Gasteiger partial charge in [-0.25, -0.2) is 8.42 Å². The lowest BCUT2D eigenvalue weighted by molar-refractivity contribution is -0.140. The Morgan fingerprint density at radius 2 is 1.41 bits per heavy atom. The Morgan fingerprint density at radius 1 is 0.818 bits per heavy atom. The molecule has 4 aromatic carbocycles. The van der Waals surface area contributed by atoms with E-state index >= 15 is 0 Å². The molecule has 4 aromatic rings. The van der Waals surface area contributed by atoms with E-state index in [0.717, 1.165) is 21.0 Å². The van der Waals surface area contributed by atoms with Crippen LogP contribution in [0.2, 0.25) is 5.02 Å². The third kappa shape index (κ3) is 8.49. The average Bonchev–Trinajstić information content (AvgIpc) is 2.98. The smallest absolute Gasteiger partial charge is 0.264 e. The summed E-state index contributed by atoms with van der Waals surface area (Å²) in [5.41, 5.74) is 2.28. The van der Waals surface area contributed by atoms with Crippen LogP contribution in [0.1, 0.15) is 37.5 Å². The van der Waals surface area contributed by atoms with Crippen LogP contribution in [-0.2, 0) is 32.6 Å². The van der Waals surface area contributed by atoms with Gasteiger partial charge in [0, 0.05) is 18.5 Å². The topological polar surface area (TPSA) is 86.8 Å². The molecule has 0 unspecified atom stereocenters. The second-order valence-electron chi connectivity index (χ2n) is 11.7. The first-order chi connectivity index (χ1) is 20.8. The maximum Gasteiger partial charge on any atom is 0.264 e. The second-order valence-corrected chi connectivity index (χ2v) is 14.0. The molecule has 0 aromatic heterocycles. The molecule has 4 rings (SSSR count). The van der Waals surface area contributed by atoms with Crippen LogP contribution in [0.4, 0.5) is 5.69 Å². The summed E-state index contributed by atoms with van der Waals surface area (Å²) in [6, 6.07) is 30.6. The molecule has 0 saturated heterocycles. The number of aryl methyl sites for hydroxylation is 1. The fourth-order valence-corrected chi connectivity index (χ4v) is 6.64. The molecule has 0 saturated carbocycles. The van der Waals surface area contributed by atoms with Crippen molar-refractivity contribution < 1.29 is 18.0 Å². The molecule has 0 radical (unpaired) electrons. The van der Waals surface area contributed by atoms with Crippen molar-refractivity contribution in [3.63, 3.8) is 0 Å². The van der Waals surface area contributed by atoms with Crippen LogP contribution < -0.4 is 9.62 Å². The van der Waals surface area contributed by atoms with Gasteiger partial charge in [0.2, 0.25) is 11.8 Å². The average molecular weight is 632 g/mol. The summed E-state index contributed by atoms with van der Waals surface area (Å²) in [6.45, 7) is 7.11. The Kier molecular flexibility index (Phi) is 10.5. The minimum atomic E-state index is -4.22. The van der Waals surface area contributed by atoms with Crippen LogP contribution in [0, 0.1) is 6.92 Å². The number of carbonyl (C=O) groups is 2. The molecule has 0 aliphatic heterocycles. The zero-order valence-electron chi connectivity index (χ0n) is 25.4. The van der Waals surface area contributed by atoms with E-state index in [1.807, 2.05) is 82.3 Å². The van der Waals surface area contributed by atoms with Gasteiger partial charge in [-0.3, -0.25) is 13.9 Å². The van der Waals surface area contributed by atoms with Crippen LogP contribution in [0.15, 0.2) is 114 Å². The number of benzene rings is 4. The maximum absolute atomic E-state index is 14.5. The Labute approximate surface area is 265 Å². The molecule has 2 amide bonds. The van der Waals surface area contributed by atoms with Gasteiger partial charge in [0.25, 0.3) is 10.0 Å². The van der Waals surface area contributed by atoms with Crippen molar-refractivity contribution in [2.75, 3.05) is 10.8 Å². The largest absolute Gasteiger partial charge is 0.350 e. The van der Waals surface area contributed by atoms with E-state index in [2.05, 4.69) is 5.32 Å². The van der Waals surface area contributed by atoms with Gasteiger partial charge in [-0.1, -0.05) is 102 Å². The molecule has 7 nitrogen and oxygen atoms in total. The van der Waals surface area contributed by atoms with Crippen LogP contribution >= 0.6 is 11.6 Å². The molecule has 0 aliphatic carbocycles. The quantitative estimate of drug-likeness (QED) is 0.208. The van der Waals surface area contributed by atoms with Gasteiger partial charge in [-0.2, -0.15) is 0 Å². The number of halogens is 1. The third-order valence-electron chi connectivity index (χ3n) is 6.94. The summed E-state index contributed by atoms with van der Waals surface area (Å²) in [7, 11) is -4.22. The van der Waals surface area contributed by atoms with E-state index in [9.17, 15) is 18.0 Å². The van der Waals surface area contributed by atoms with Crippen molar-refractivity contribution in [3.8, 4) is 0 Å². The van der Waals surface area contributed by atoms with Crippen molar-refractivity contribution in [1.29, 1.82) is 0 Å². The SMILES string of the molecule is Cc1cccc(CN(C(=O)CN(c2ccccc2Cl)S(=O)(=O)c2ccccc2)[C@@H](Cc2ccccc2)C(=O)NC(C)(C)C)c1. The summed E-state index contributed by atoms with van der Waals surface area (Å²) < 4.78 is 29.1. The molecule has 9 heteroatoms. The molecule has 0 bridgehead atoms. The number of carbonyl (C=O) groups excluding carboxylic acids is 2. The van der Waals surface area contributed by atoms with Gasteiger partial charge in [-0.05, 0) is 63.1 Å². The molecular formula is C35H38ClN3O4S. The van der Waals surface area contributed by atoms with Gasteiger partial charge in [0.05, 0.1) is 15.6 Å². The first-order valence-electron chi connectivity index (χ1n) is 14.4. The number of nitrogens with one attached hydrogen (secondary N) is 1. The molecule has 230 valence electrons. The molecule has 0 heterocycles. The first-order valence-corrected chi connectivity index (χ1v) is 16.2. The highest BCUT2D eigenvalue weighted by molar-refractivity contribution is 7.92. The number of hydrogen-bond acceptors (Lipinski definition) is 4. The minimum Gasteiger partial charge on any atom is -0.350 e. The van der Waals surface area contributed by atoms with Gasteiger partial charge in [0.15, 0.2) is 0 Å². The summed E-state index contributed by atoms with van der Waals surface area (Å²) in [5.74, 6) is -0.881. The van der Waals surface area contributed by atoms with E-state index in [4.69, 9.17) is 11.6 Å². The normalized spacial score (nSPS) is 12.3. The molecule has 44 heavy (non-hydrogen) atoms. The van der Waals surface area contributed by atoms with Gasteiger partial charge < -0.3 is 10.2 Å². The number of rotatable bonds is 11. The number of anilines is 1. The second kappa shape index (κ2) is 14.1. The number of sulfonamides is 1. The summed E-state index contributed by atoms with van der Waals surface area (Å²) in [5, 5.41) is 3.21. The Hall–Kier alpha value is -4.14. The number of para-hydroxylation sites is 1. The lowest BCUT2D eigenvalue weighted by Crippen LogP contribution is -2.56. The highest BCUT2D eigenvalue weighted by Crippen LogP contribution is 2.31. The van der Waals surface area contributed by atoms with Crippen molar-refractivity contribution in [1.82, 2.24) is 10.2 Å². The van der Waals surface area contributed by atoms with E-state index in [0.29, 0.717) is 0 Å². The Bertz CT molecular complexity index is 1690. The van der Waals surface area contributed by atoms with Crippen LogP contribution in [0.5, 0.6) is 0 Å². The predicted octanol–water partition coefficient (Wildman–Crippen LogP) is 6.40. The highest BCUT2D eigenvalue weighted by atomic mass is 35.5. The van der Waals surface area contributed by atoms with E-state index in [1.165, 1.54) is 17.0 Å². The van der Waals surface area contributed by atoms with E-state index in [1.54, 1.807) is 42.5 Å². The van der Waals surface area contributed by atoms with Crippen molar-refractivity contribution in [2.24, 2.45) is 0 Å². The maximum atomic E-state index is 14.5. The zero-order valence-corrected chi connectivity index (χ0v) is 27.0. The molecule has 1 atom stereocenters. The van der Waals surface area contributed by atoms with E-state index in [-0.39, 0.29) is 34.5 Å². The van der Waals surface area contributed by atoms with Crippen LogP contribution in [0.25, 0.3) is 0 Å². The van der Waals surface area contributed by atoms with E-state index < -0.39 is 34.1 Å². The van der Waals surface area contributed by atoms with Crippen molar-refractivity contribution >= 4 is 39.1 Å². The minimum absolute atomic E-state index is 0.0178. The van der Waals surface area contributed by atoms with Gasteiger partial charge in [0.1, 0.15) is 12.6 Å². The fourth-order valence-electron chi connectivity index (χ4n) is 4.90. The Morgan fingerprint density at radius 3 is 2.02 bits per heavy atom. The lowest BCUT2D eigenvalue weighted by atomic mass is 10.0. The zero-order chi connectivity index (χ0) is 31.9. The molecule has 0 fully saturated rings. The summed E-state index contributed by atoms with van der Waals surface area (Å²) >= 11 is 6.52. The first kappa shape index (κ1) is 32.8. The van der Waals surface area contributed by atoms with Gasteiger partial charge >= 0.3 is 0 Å². The number of nitrogens with zero attached hydrogens (tertiary/aromatic N) is 2. The summed E-state index contributed by atoms with van der Waals surface area (Å²) in [6.07, 6.45) is 0.234. The highest BCUT2D eigenvalue weighted by Gasteiger charge is 2.36. The molecular weight excluding hydrogens is 594 g/mol. The monoisotopic (exact) mass is 631 g/mol. The molecule has 0 spiro atoms. The Balaban J connectivity index is 1.82. The number of amides is 2. The third-order valence-corrected chi connectivity index (χ3v) is 9.03. The van der Waals surface area contributed by atoms with Crippen molar-refractivity contribution in [3.05, 3.63) is 131 Å². The number of hydrogen-bond donors (Lipinski definition) is 1. The predicted molar refractivity (Wildman–Crippen MR) is 176 cm³/mol. The van der Waals surface area contributed by atoms with Gasteiger partial charge in [-0.15, -0.1) is 0 Å². The fraction of sp³-hybridized carbons (Fsp3) is 0.257. The standard InChI is InChI=1S/C35H38ClN3O4S/c1-26-14-13-17-28(22-26)24-38(32(34(41)37-35(2,3)4)23-27-15-7-5-8-16-27)33(40)25-39(31-21-12-11-20-30(31)36)44(42,43)29-18-9-6-10-19-29/h5-22,32H,23-25H2,1-4H3,(H,37,41)/t32-/m0/s1. The van der Waals surface area contributed by atoms with Crippen LogP contribution in [0.3, 0.4) is 0 Å². The molecule has 0 aliphatic rings.